The van der Waals surface area contributed by atoms with Crippen LogP contribution in [-0.4, -0.2) is 10.2 Å². The van der Waals surface area contributed by atoms with Gasteiger partial charge in [0, 0.05) is 5.39 Å². The Hall–Kier alpha value is -2.29. The standard InChI is InChI=1S/C14H13N3/c1-9-2-4-10(5-3-9)11-6-7-12-13(8-11)16-17-14(12)15/h2-8H,1H3,(H3,15,16,17). The molecule has 0 saturated heterocycles. The highest BCUT2D eigenvalue weighted by Gasteiger charge is 2.04. The lowest BCUT2D eigenvalue weighted by Gasteiger charge is -2.02. The van der Waals surface area contributed by atoms with Gasteiger partial charge in [0.15, 0.2) is 5.82 Å². The molecule has 0 aliphatic heterocycles. The Morgan fingerprint density at radius 3 is 2.47 bits per heavy atom. The van der Waals surface area contributed by atoms with Crippen LogP contribution in [0.25, 0.3) is 22.0 Å². The van der Waals surface area contributed by atoms with Crippen LogP contribution < -0.4 is 5.73 Å². The number of benzene rings is 2. The zero-order chi connectivity index (χ0) is 11.8. The predicted molar refractivity (Wildman–Crippen MR) is 70.7 cm³/mol. The van der Waals surface area contributed by atoms with Crippen LogP contribution >= 0.6 is 0 Å². The normalized spacial score (nSPS) is 10.9. The lowest BCUT2D eigenvalue weighted by Crippen LogP contribution is -1.83. The molecule has 0 aliphatic carbocycles. The fraction of sp³-hybridized carbons (Fsp3) is 0.0714. The number of nitrogens with one attached hydrogen (secondary N) is 1. The first kappa shape index (κ1) is 9.90. The van der Waals surface area contributed by atoms with Crippen molar-refractivity contribution in [1.29, 1.82) is 0 Å². The lowest BCUT2D eigenvalue weighted by molar-refractivity contribution is 1.13. The number of H-pyrrole nitrogens is 1. The maximum absolute atomic E-state index is 5.74. The van der Waals surface area contributed by atoms with Gasteiger partial charge in [-0.3, -0.25) is 5.10 Å². The Kier molecular flexibility index (Phi) is 2.11. The van der Waals surface area contributed by atoms with Crippen molar-refractivity contribution in [2.45, 2.75) is 6.92 Å². The lowest BCUT2D eigenvalue weighted by atomic mass is 10.0. The number of nitrogens with zero attached hydrogens (tertiary/aromatic N) is 1. The molecule has 1 aromatic heterocycles. The van der Waals surface area contributed by atoms with Crippen LogP contribution in [0.3, 0.4) is 0 Å². The molecule has 0 radical (unpaired) electrons. The summed E-state index contributed by atoms with van der Waals surface area (Å²) in [5, 5.41) is 7.90. The van der Waals surface area contributed by atoms with E-state index in [0.717, 1.165) is 10.9 Å². The van der Waals surface area contributed by atoms with E-state index in [2.05, 4.69) is 53.5 Å². The number of hydrogen-bond donors (Lipinski definition) is 2. The highest BCUT2D eigenvalue weighted by Crippen LogP contribution is 2.25. The van der Waals surface area contributed by atoms with E-state index in [0.29, 0.717) is 5.82 Å². The minimum Gasteiger partial charge on any atom is -0.382 e. The smallest absolute Gasteiger partial charge is 0.153 e. The van der Waals surface area contributed by atoms with Gasteiger partial charge in [-0.15, -0.1) is 0 Å². The van der Waals surface area contributed by atoms with Crippen LogP contribution in [0.5, 0.6) is 0 Å². The van der Waals surface area contributed by atoms with E-state index >= 15 is 0 Å². The Morgan fingerprint density at radius 1 is 1.00 bits per heavy atom. The Balaban J connectivity index is 2.14. The van der Waals surface area contributed by atoms with E-state index in [9.17, 15) is 0 Å². The molecule has 2 aromatic carbocycles. The molecule has 3 aromatic rings. The third-order valence-corrected chi connectivity index (χ3v) is 2.98. The summed E-state index contributed by atoms with van der Waals surface area (Å²) in [5.74, 6) is 0.551. The summed E-state index contributed by atoms with van der Waals surface area (Å²) in [6.45, 7) is 2.09. The topological polar surface area (TPSA) is 54.7 Å². The van der Waals surface area contributed by atoms with Crippen molar-refractivity contribution in [2.75, 3.05) is 5.73 Å². The average molecular weight is 223 g/mol. The van der Waals surface area contributed by atoms with Crippen LogP contribution in [0.15, 0.2) is 42.5 Å². The SMILES string of the molecule is Cc1ccc(-c2ccc3c(N)n[nH]c3c2)cc1. The van der Waals surface area contributed by atoms with Crippen LogP contribution in [0.2, 0.25) is 0 Å². The minimum absolute atomic E-state index is 0.551. The molecular formula is C14H13N3. The molecule has 17 heavy (non-hydrogen) atoms. The van der Waals surface area contributed by atoms with Gasteiger partial charge in [0.25, 0.3) is 0 Å². The molecule has 84 valence electrons. The van der Waals surface area contributed by atoms with Crippen LogP contribution in [0, 0.1) is 6.92 Å². The van der Waals surface area contributed by atoms with E-state index in [1.807, 2.05) is 6.07 Å². The Morgan fingerprint density at radius 2 is 1.71 bits per heavy atom. The summed E-state index contributed by atoms with van der Waals surface area (Å²) in [6, 6.07) is 14.6. The van der Waals surface area contributed by atoms with Crippen molar-refractivity contribution < 1.29 is 0 Å². The molecule has 0 amide bonds. The van der Waals surface area contributed by atoms with Crippen molar-refractivity contribution in [1.82, 2.24) is 10.2 Å². The minimum atomic E-state index is 0.551. The van der Waals surface area contributed by atoms with Gasteiger partial charge in [-0.2, -0.15) is 5.10 Å². The van der Waals surface area contributed by atoms with Crippen LogP contribution in [0.1, 0.15) is 5.56 Å². The van der Waals surface area contributed by atoms with Gasteiger partial charge in [-0.05, 0) is 30.2 Å². The van der Waals surface area contributed by atoms with Gasteiger partial charge >= 0.3 is 0 Å². The molecule has 0 aliphatic rings. The number of anilines is 1. The predicted octanol–water partition coefficient (Wildman–Crippen LogP) is 3.12. The molecule has 3 nitrogen and oxygen atoms in total. The Bertz CT molecular complexity index is 666. The molecule has 3 N–H and O–H groups in total. The quantitative estimate of drug-likeness (QED) is 0.666. The van der Waals surface area contributed by atoms with E-state index in [1.54, 1.807) is 0 Å². The van der Waals surface area contributed by atoms with Gasteiger partial charge in [-0.1, -0.05) is 35.9 Å². The van der Waals surface area contributed by atoms with Crippen molar-refractivity contribution in [3.8, 4) is 11.1 Å². The fourth-order valence-electron chi connectivity index (χ4n) is 1.97. The summed E-state index contributed by atoms with van der Waals surface area (Å²) in [4.78, 5) is 0. The van der Waals surface area contributed by atoms with E-state index in [4.69, 9.17) is 5.73 Å². The summed E-state index contributed by atoms with van der Waals surface area (Å²) < 4.78 is 0. The van der Waals surface area contributed by atoms with Gasteiger partial charge in [-0.25, -0.2) is 0 Å². The second-order valence-corrected chi connectivity index (χ2v) is 4.24. The molecule has 1 heterocycles. The maximum atomic E-state index is 5.74. The number of aromatic nitrogens is 2. The first-order valence-corrected chi connectivity index (χ1v) is 5.55. The average Bonchev–Trinajstić information content (AvgIpc) is 2.72. The van der Waals surface area contributed by atoms with Crippen molar-refractivity contribution >= 4 is 16.7 Å². The number of nitrogens with two attached hydrogens (primary N) is 1. The van der Waals surface area contributed by atoms with E-state index < -0.39 is 0 Å². The number of rotatable bonds is 1. The second kappa shape index (κ2) is 3.63. The number of aryl methyl sites for hydroxylation is 1. The van der Waals surface area contributed by atoms with E-state index in [1.165, 1.54) is 16.7 Å². The molecular weight excluding hydrogens is 210 g/mol. The van der Waals surface area contributed by atoms with Crippen LogP contribution in [0.4, 0.5) is 5.82 Å². The van der Waals surface area contributed by atoms with E-state index in [-0.39, 0.29) is 0 Å². The zero-order valence-electron chi connectivity index (χ0n) is 9.57. The second-order valence-electron chi connectivity index (χ2n) is 4.24. The van der Waals surface area contributed by atoms with Gasteiger partial charge in [0.2, 0.25) is 0 Å². The molecule has 0 atom stereocenters. The highest BCUT2D eigenvalue weighted by molar-refractivity contribution is 5.91. The molecule has 0 unspecified atom stereocenters. The molecule has 0 saturated carbocycles. The first-order chi connectivity index (χ1) is 8.24. The van der Waals surface area contributed by atoms with Gasteiger partial charge in [0.05, 0.1) is 5.52 Å². The first-order valence-electron chi connectivity index (χ1n) is 5.55. The third-order valence-electron chi connectivity index (χ3n) is 2.98. The summed E-state index contributed by atoms with van der Waals surface area (Å²) in [6.07, 6.45) is 0. The number of nitrogen functional groups attached to an aromatic ring is 1. The summed E-state index contributed by atoms with van der Waals surface area (Å²) in [7, 11) is 0. The highest BCUT2D eigenvalue weighted by atomic mass is 15.1. The molecule has 0 fully saturated rings. The molecule has 3 rings (SSSR count). The largest absolute Gasteiger partial charge is 0.382 e. The number of hydrogen-bond acceptors (Lipinski definition) is 2. The number of aromatic amines is 1. The van der Waals surface area contributed by atoms with Gasteiger partial charge in [0.1, 0.15) is 0 Å². The van der Waals surface area contributed by atoms with Crippen molar-refractivity contribution in [3.63, 3.8) is 0 Å². The van der Waals surface area contributed by atoms with Gasteiger partial charge < -0.3 is 5.73 Å². The Labute approximate surface area is 99.3 Å². The monoisotopic (exact) mass is 223 g/mol. The van der Waals surface area contributed by atoms with Crippen LogP contribution in [-0.2, 0) is 0 Å². The third kappa shape index (κ3) is 1.65. The molecule has 3 heteroatoms. The summed E-state index contributed by atoms with van der Waals surface area (Å²) in [5.41, 5.74) is 10.3. The number of fused-ring (bicyclic) bond motifs is 1. The zero-order valence-corrected chi connectivity index (χ0v) is 9.57. The maximum Gasteiger partial charge on any atom is 0.153 e. The van der Waals surface area contributed by atoms with Crippen molar-refractivity contribution in [2.24, 2.45) is 0 Å². The van der Waals surface area contributed by atoms with Crippen molar-refractivity contribution in [3.05, 3.63) is 48.0 Å². The molecule has 0 bridgehead atoms. The fourth-order valence-corrected chi connectivity index (χ4v) is 1.97. The molecule has 0 spiro atoms. The summed E-state index contributed by atoms with van der Waals surface area (Å²) >= 11 is 0.